The summed E-state index contributed by atoms with van der Waals surface area (Å²) in [5.74, 6) is 0. The van der Waals surface area contributed by atoms with Gasteiger partial charge in [0.05, 0.1) is 16.1 Å². The van der Waals surface area contributed by atoms with Crippen LogP contribution in [0, 0.1) is 0 Å². The smallest absolute Gasteiger partial charge is 0.255 e. The van der Waals surface area contributed by atoms with Gasteiger partial charge in [-0.2, -0.15) is 4.72 Å². The van der Waals surface area contributed by atoms with Crippen LogP contribution in [0.15, 0.2) is 75.0 Å². The van der Waals surface area contributed by atoms with Crippen molar-refractivity contribution < 1.29 is 13.3 Å². The van der Waals surface area contributed by atoms with Crippen molar-refractivity contribution in [2.75, 3.05) is 0 Å². The molecule has 3 aromatic rings. The second-order valence-electron chi connectivity index (χ2n) is 5.99. The predicted molar refractivity (Wildman–Crippen MR) is 110 cm³/mol. The van der Waals surface area contributed by atoms with Gasteiger partial charge in [0, 0.05) is 20.9 Å². The molecule has 1 atom stereocenters. The molecule has 2 heterocycles. The van der Waals surface area contributed by atoms with Crippen molar-refractivity contribution in [1.29, 1.82) is 0 Å². The first-order valence-corrected chi connectivity index (χ1v) is 10.7. The number of hydrogen-bond donors (Lipinski definition) is 2. The number of sulfonamides is 1. The number of hydroxylamine groups is 1. The zero-order chi connectivity index (χ0) is 19.9. The van der Waals surface area contributed by atoms with E-state index in [1.54, 1.807) is 30.3 Å². The lowest BCUT2D eigenvalue weighted by Crippen LogP contribution is -2.40. The number of benzene rings is 2. The van der Waals surface area contributed by atoms with Gasteiger partial charge in [-0.1, -0.05) is 11.6 Å². The summed E-state index contributed by atoms with van der Waals surface area (Å²) in [6.07, 6.45) is 2.24. The molecule has 28 heavy (non-hydrogen) atoms. The molecule has 0 bridgehead atoms. The summed E-state index contributed by atoms with van der Waals surface area (Å²) in [5.41, 5.74) is 3.43. The largest absolute Gasteiger partial charge is 0.415 e. The van der Waals surface area contributed by atoms with Crippen molar-refractivity contribution in [3.05, 3.63) is 80.7 Å². The van der Waals surface area contributed by atoms with E-state index in [-0.39, 0.29) is 10.5 Å². The summed E-state index contributed by atoms with van der Waals surface area (Å²) in [5, 5.41) is 1.12. The van der Waals surface area contributed by atoms with Crippen LogP contribution in [0.1, 0.15) is 0 Å². The molecule has 0 radical (unpaired) electrons. The summed E-state index contributed by atoms with van der Waals surface area (Å²) in [6.45, 7) is 0. The SMILES string of the molecule is O=c1ccc2cc(S(=O)(=O)NC3C=CON3)ccc2n1-c1ccc(Cl)cc1Br. The summed E-state index contributed by atoms with van der Waals surface area (Å²) in [6, 6.07) is 12.6. The lowest BCUT2D eigenvalue weighted by Gasteiger charge is -2.14. The first-order valence-electron chi connectivity index (χ1n) is 8.07. The number of nitrogens with zero attached hydrogens (tertiary/aromatic N) is 1. The Morgan fingerprint density at radius 1 is 1.14 bits per heavy atom. The zero-order valence-corrected chi connectivity index (χ0v) is 17.3. The molecular weight excluding hydrogens is 470 g/mol. The van der Waals surface area contributed by atoms with Crippen molar-refractivity contribution >= 4 is 48.5 Å². The molecule has 10 heteroatoms. The molecule has 0 spiro atoms. The van der Waals surface area contributed by atoms with Gasteiger partial charge in [0.25, 0.3) is 5.56 Å². The fourth-order valence-electron chi connectivity index (χ4n) is 2.87. The Balaban J connectivity index is 1.83. The highest BCUT2D eigenvalue weighted by atomic mass is 79.9. The standard InChI is InChI=1S/C18H13BrClN3O4S/c19-14-10-12(20)2-4-16(14)23-15-5-3-13(9-11(15)1-6-18(23)24)28(25,26)22-17-7-8-27-21-17/h1-10,17,21-22H. The molecule has 1 aliphatic rings. The molecule has 144 valence electrons. The second-order valence-corrected chi connectivity index (χ2v) is 8.99. The van der Waals surface area contributed by atoms with Crippen LogP contribution in [0.5, 0.6) is 0 Å². The molecule has 0 fully saturated rings. The van der Waals surface area contributed by atoms with Crippen LogP contribution in [0.2, 0.25) is 5.02 Å². The van der Waals surface area contributed by atoms with Crippen LogP contribution in [-0.2, 0) is 14.9 Å². The minimum absolute atomic E-state index is 0.0717. The van der Waals surface area contributed by atoms with Gasteiger partial charge in [-0.15, -0.1) is 5.48 Å². The third-order valence-electron chi connectivity index (χ3n) is 4.14. The molecule has 0 saturated carbocycles. The monoisotopic (exact) mass is 481 g/mol. The van der Waals surface area contributed by atoms with Gasteiger partial charge >= 0.3 is 0 Å². The Hall–Kier alpha value is -2.17. The number of rotatable bonds is 4. The van der Waals surface area contributed by atoms with Gasteiger partial charge in [0.1, 0.15) is 12.4 Å². The summed E-state index contributed by atoms with van der Waals surface area (Å²) < 4.78 is 29.8. The van der Waals surface area contributed by atoms with Crippen molar-refractivity contribution in [3.63, 3.8) is 0 Å². The number of fused-ring (bicyclic) bond motifs is 1. The first-order chi connectivity index (χ1) is 13.3. The van der Waals surface area contributed by atoms with Crippen LogP contribution in [0.25, 0.3) is 16.6 Å². The Bertz CT molecular complexity index is 1270. The second kappa shape index (κ2) is 7.34. The van der Waals surface area contributed by atoms with E-state index in [0.29, 0.717) is 26.1 Å². The molecule has 4 rings (SSSR count). The fourth-order valence-corrected chi connectivity index (χ4v) is 4.86. The van der Waals surface area contributed by atoms with Gasteiger partial charge < -0.3 is 4.84 Å². The van der Waals surface area contributed by atoms with Crippen LogP contribution in [0.3, 0.4) is 0 Å². The van der Waals surface area contributed by atoms with E-state index >= 15 is 0 Å². The van der Waals surface area contributed by atoms with Gasteiger partial charge in [0.15, 0.2) is 0 Å². The van der Waals surface area contributed by atoms with Crippen molar-refractivity contribution in [1.82, 2.24) is 14.8 Å². The lowest BCUT2D eigenvalue weighted by molar-refractivity contribution is 0.139. The maximum absolute atomic E-state index is 12.6. The number of halogens is 2. The van der Waals surface area contributed by atoms with E-state index in [1.807, 2.05) is 0 Å². The van der Waals surface area contributed by atoms with Gasteiger partial charge in [-0.05, 0) is 64.5 Å². The van der Waals surface area contributed by atoms with E-state index in [1.165, 1.54) is 35.1 Å². The molecule has 0 saturated heterocycles. The van der Waals surface area contributed by atoms with Crippen molar-refractivity contribution in [2.45, 2.75) is 11.1 Å². The molecule has 2 N–H and O–H groups in total. The lowest BCUT2D eigenvalue weighted by atomic mass is 10.2. The van der Waals surface area contributed by atoms with E-state index in [4.69, 9.17) is 16.4 Å². The highest BCUT2D eigenvalue weighted by Crippen LogP contribution is 2.27. The van der Waals surface area contributed by atoms with Crippen LogP contribution in [-0.4, -0.2) is 19.2 Å². The Morgan fingerprint density at radius 3 is 2.68 bits per heavy atom. The zero-order valence-electron chi connectivity index (χ0n) is 14.1. The highest BCUT2D eigenvalue weighted by molar-refractivity contribution is 9.10. The molecular formula is C18H13BrClN3O4S. The van der Waals surface area contributed by atoms with Crippen LogP contribution < -0.4 is 15.8 Å². The molecule has 1 unspecified atom stereocenters. The highest BCUT2D eigenvalue weighted by Gasteiger charge is 2.21. The minimum atomic E-state index is -3.79. The quantitative estimate of drug-likeness (QED) is 0.597. The normalized spacial score (nSPS) is 16.4. The number of pyridine rings is 1. The molecule has 0 amide bonds. The van der Waals surface area contributed by atoms with E-state index < -0.39 is 16.2 Å². The molecule has 1 aliphatic heterocycles. The third-order valence-corrected chi connectivity index (χ3v) is 6.45. The van der Waals surface area contributed by atoms with Gasteiger partial charge in [-0.25, -0.2) is 8.42 Å². The summed E-state index contributed by atoms with van der Waals surface area (Å²) in [7, 11) is -3.79. The third kappa shape index (κ3) is 3.59. The topological polar surface area (TPSA) is 89.4 Å². The Kier molecular flexibility index (Phi) is 5.02. The fraction of sp³-hybridized carbons (Fsp3) is 0.0556. The number of nitrogens with one attached hydrogen (secondary N) is 2. The molecule has 1 aromatic heterocycles. The van der Waals surface area contributed by atoms with E-state index in [9.17, 15) is 13.2 Å². The van der Waals surface area contributed by atoms with E-state index in [2.05, 4.69) is 26.1 Å². The molecule has 2 aromatic carbocycles. The maximum Gasteiger partial charge on any atom is 0.255 e. The average Bonchev–Trinajstić information content (AvgIpc) is 3.14. The summed E-state index contributed by atoms with van der Waals surface area (Å²) >= 11 is 9.42. The predicted octanol–water partition coefficient (Wildman–Crippen LogP) is 3.06. The van der Waals surface area contributed by atoms with E-state index in [0.717, 1.165) is 0 Å². The first kappa shape index (κ1) is 19.2. The van der Waals surface area contributed by atoms with Gasteiger partial charge in [0.2, 0.25) is 10.0 Å². The average molecular weight is 483 g/mol. The molecule has 7 nitrogen and oxygen atoms in total. The minimum Gasteiger partial charge on any atom is -0.415 e. The van der Waals surface area contributed by atoms with Crippen LogP contribution in [0.4, 0.5) is 0 Å². The number of aromatic nitrogens is 1. The number of hydrogen-bond acceptors (Lipinski definition) is 5. The van der Waals surface area contributed by atoms with Crippen molar-refractivity contribution in [3.8, 4) is 5.69 Å². The maximum atomic E-state index is 12.6. The Morgan fingerprint density at radius 2 is 1.96 bits per heavy atom. The van der Waals surface area contributed by atoms with Crippen molar-refractivity contribution in [2.24, 2.45) is 0 Å². The molecule has 0 aliphatic carbocycles. The van der Waals surface area contributed by atoms with Gasteiger partial charge in [-0.3, -0.25) is 9.36 Å². The Labute approximate surface area is 173 Å². The summed E-state index contributed by atoms with van der Waals surface area (Å²) in [4.78, 5) is 17.4. The van der Waals surface area contributed by atoms with Crippen LogP contribution >= 0.6 is 27.5 Å².